The molecule has 23 heavy (non-hydrogen) atoms. The second-order valence-corrected chi connectivity index (χ2v) is 6.17. The van der Waals surface area contributed by atoms with Crippen LogP contribution in [0.5, 0.6) is 0 Å². The molecule has 4 rings (SSSR count). The zero-order chi connectivity index (χ0) is 15.8. The molecule has 5 nitrogen and oxygen atoms in total. The number of carbonyl (C=O) groups is 1. The van der Waals surface area contributed by atoms with E-state index in [2.05, 4.69) is 27.8 Å². The smallest absolute Gasteiger partial charge is 0.253 e. The van der Waals surface area contributed by atoms with Crippen molar-refractivity contribution in [3.63, 3.8) is 0 Å². The minimum absolute atomic E-state index is 0.00145. The number of benzene rings is 1. The Bertz CT molecular complexity index is 745. The average Bonchev–Trinajstić information content (AvgIpc) is 2.81. The Morgan fingerprint density at radius 3 is 2.83 bits per heavy atom. The molecule has 1 amide bonds. The van der Waals surface area contributed by atoms with Crippen LogP contribution in [-0.2, 0) is 17.8 Å². The first-order chi connectivity index (χ1) is 11.2. The molecule has 0 saturated carbocycles. The van der Waals surface area contributed by atoms with Crippen LogP contribution >= 0.6 is 0 Å². The monoisotopic (exact) mass is 311 g/mol. The summed E-state index contributed by atoms with van der Waals surface area (Å²) in [5, 5.41) is 3.01. The SMILES string of the molecule is Cc1c(CN2CCOCC2)cc2n1-c1ccccc1C(=O)NC2. The first-order valence-corrected chi connectivity index (χ1v) is 8.12. The lowest BCUT2D eigenvalue weighted by Gasteiger charge is -2.26. The summed E-state index contributed by atoms with van der Waals surface area (Å²) in [5.74, 6) is -0.00145. The first kappa shape index (κ1) is 14.5. The molecule has 0 radical (unpaired) electrons. The highest BCUT2D eigenvalue weighted by Crippen LogP contribution is 2.27. The third kappa shape index (κ3) is 2.56. The van der Waals surface area contributed by atoms with Crippen LogP contribution in [0.1, 0.15) is 27.3 Å². The number of fused-ring (bicyclic) bond motifs is 3. The molecule has 0 unspecified atom stereocenters. The molecule has 0 spiro atoms. The Morgan fingerprint density at radius 2 is 2.00 bits per heavy atom. The molecule has 0 aliphatic carbocycles. The molecule has 1 saturated heterocycles. The molecule has 2 aliphatic heterocycles. The predicted octanol–water partition coefficient (Wildman–Crippen LogP) is 1.86. The number of amides is 1. The molecule has 1 fully saturated rings. The number of nitrogens with zero attached hydrogens (tertiary/aromatic N) is 2. The van der Waals surface area contributed by atoms with Gasteiger partial charge in [0.05, 0.1) is 31.0 Å². The summed E-state index contributed by atoms with van der Waals surface area (Å²) in [5.41, 5.74) is 5.40. The predicted molar refractivity (Wildman–Crippen MR) is 87.8 cm³/mol. The Balaban J connectivity index is 1.74. The number of hydrogen-bond acceptors (Lipinski definition) is 3. The van der Waals surface area contributed by atoms with E-state index in [1.165, 1.54) is 11.3 Å². The van der Waals surface area contributed by atoms with Crippen LogP contribution in [0.25, 0.3) is 5.69 Å². The quantitative estimate of drug-likeness (QED) is 0.921. The van der Waals surface area contributed by atoms with Crippen LogP contribution in [0.15, 0.2) is 30.3 Å². The van der Waals surface area contributed by atoms with Gasteiger partial charge >= 0.3 is 0 Å². The van der Waals surface area contributed by atoms with Crippen molar-refractivity contribution in [1.29, 1.82) is 0 Å². The number of aromatic nitrogens is 1. The molecule has 1 N–H and O–H groups in total. The van der Waals surface area contributed by atoms with Crippen LogP contribution in [0.2, 0.25) is 0 Å². The van der Waals surface area contributed by atoms with Gasteiger partial charge in [-0.3, -0.25) is 9.69 Å². The van der Waals surface area contributed by atoms with E-state index < -0.39 is 0 Å². The van der Waals surface area contributed by atoms with Gasteiger partial charge in [0.25, 0.3) is 5.91 Å². The van der Waals surface area contributed by atoms with Gasteiger partial charge in [-0.05, 0) is 30.7 Å². The molecule has 5 heteroatoms. The van der Waals surface area contributed by atoms with Crippen LogP contribution in [0.3, 0.4) is 0 Å². The number of ether oxygens (including phenoxy) is 1. The van der Waals surface area contributed by atoms with E-state index in [0.29, 0.717) is 6.54 Å². The maximum Gasteiger partial charge on any atom is 0.253 e. The minimum Gasteiger partial charge on any atom is -0.379 e. The van der Waals surface area contributed by atoms with Crippen LogP contribution < -0.4 is 5.32 Å². The molecule has 2 aliphatic rings. The van der Waals surface area contributed by atoms with Crippen LogP contribution in [0.4, 0.5) is 0 Å². The Morgan fingerprint density at radius 1 is 1.22 bits per heavy atom. The van der Waals surface area contributed by atoms with Gasteiger partial charge in [0.2, 0.25) is 0 Å². The van der Waals surface area contributed by atoms with E-state index in [9.17, 15) is 4.79 Å². The lowest BCUT2D eigenvalue weighted by molar-refractivity contribution is 0.0341. The Hall–Kier alpha value is -2.11. The lowest BCUT2D eigenvalue weighted by Crippen LogP contribution is -2.35. The van der Waals surface area contributed by atoms with Crippen LogP contribution in [-0.4, -0.2) is 41.7 Å². The maximum absolute atomic E-state index is 12.2. The number of hydrogen-bond donors (Lipinski definition) is 1. The van der Waals surface area contributed by atoms with Gasteiger partial charge in [-0.25, -0.2) is 0 Å². The number of rotatable bonds is 2. The van der Waals surface area contributed by atoms with E-state index >= 15 is 0 Å². The average molecular weight is 311 g/mol. The van der Waals surface area contributed by atoms with E-state index in [0.717, 1.165) is 49.8 Å². The fraction of sp³-hybridized carbons (Fsp3) is 0.389. The van der Waals surface area contributed by atoms with Crippen molar-refractivity contribution >= 4 is 5.91 Å². The van der Waals surface area contributed by atoms with E-state index in [1.54, 1.807) is 0 Å². The molecule has 2 aromatic rings. The van der Waals surface area contributed by atoms with Gasteiger partial charge in [-0.15, -0.1) is 0 Å². The Labute approximate surface area is 135 Å². The van der Waals surface area contributed by atoms with Crippen molar-refractivity contribution in [2.45, 2.75) is 20.0 Å². The lowest BCUT2D eigenvalue weighted by atomic mass is 10.1. The zero-order valence-electron chi connectivity index (χ0n) is 13.3. The second-order valence-electron chi connectivity index (χ2n) is 6.17. The van der Waals surface area contributed by atoms with E-state index in [4.69, 9.17) is 4.74 Å². The topological polar surface area (TPSA) is 46.5 Å². The highest BCUT2D eigenvalue weighted by Gasteiger charge is 2.23. The van der Waals surface area contributed by atoms with Gasteiger partial charge in [-0.2, -0.15) is 0 Å². The van der Waals surface area contributed by atoms with Crippen molar-refractivity contribution in [2.75, 3.05) is 26.3 Å². The third-order valence-corrected chi connectivity index (χ3v) is 4.75. The van der Waals surface area contributed by atoms with Crippen molar-refractivity contribution in [3.8, 4) is 5.69 Å². The van der Waals surface area contributed by atoms with E-state index in [1.807, 2.05) is 24.3 Å². The zero-order valence-corrected chi connectivity index (χ0v) is 13.3. The fourth-order valence-electron chi connectivity index (χ4n) is 3.48. The van der Waals surface area contributed by atoms with Gasteiger partial charge in [0, 0.05) is 31.0 Å². The van der Waals surface area contributed by atoms with Gasteiger partial charge in [0.1, 0.15) is 0 Å². The molecule has 3 heterocycles. The highest BCUT2D eigenvalue weighted by atomic mass is 16.5. The first-order valence-electron chi connectivity index (χ1n) is 8.12. The van der Waals surface area contributed by atoms with Crippen LogP contribution in [0, 0.1) is 6.92 Å². The molecular weight excluding hydrogens is 290 g/mol. The number of morpholine rings is 1. The number of para-hydroxylation sites is 1. The van der Waals surface area contributed by atoms with Crippen molar-refractivity contribution in [3.05, 3.63) is 52.8 Å². The summed E-state index contributed by atoms with van der Waals surface area (Å²) in [6, 6.07) is 10.0. The van der Waals surface area contributed by atoms with Crippen molar-refractivity contribution < 1.29 is 9.53 Å². The minimum atomic E-state index is -0.00145. The Kier molecular flexibility index (Phi) is 3.67. The highest BCUT2D eigenvalue weighted by molar-refractivity contribution is 5.98. The van der Waals surface area contributed by atoms with Crippen molar-refractivity contribution in [1.82, 2.24) is 14.8 Å². The standard InChI is InChI=1S/C18H21N3O2/c1-13-14(12-20-6-8-23-9-7-20)10-15-11-19-18(22)16-4-2-3-5-17(16)21(13)15/h2-5,10H,6-9,11-12H2,1H3,(H,19,22). The molecule has 0 bridgehead atoms. The maximum atomic E-state index is 12.2. The number of nitrogens with one attached hydrogen (secondary N) is 1. The summed E-state index contributed by atoms with van der Waals surface area (Å²) in [6.45, 7) is 7.23. The molecule has 0 atom stereocenters. The summed E-state index contributed by atoms with van der Waals surface area (Å²) in [7, 11) is 0. The summed E-state index contributed by atoms with van der Waals surface area (Å²) in [4.78, 5) is 14.7. The normalized spacial score (nSPS) is 18.0. The summed E-state index contributed by atoms with van der Waals surface area (Å²) >= 11 is 0. The largest absolute Gasteiger partial charge is 0.379 e. The third-order valence-electron chi connectivity index (χ3n) is 4.75. The molecule has 1 aromatic carbocycles. The molecule has 1 aromatic heterocycles. The van der Waals surface area contributed by atoms with Crippen molar-refractivity contribution in [2.24, 2.45) is 0 Å². The molecule has 120 valence electrons. The van der Waals surface area contributed by atoms with E-state index in [-0.39, 0.29) is 5.91 Å². The van der Waals surface area contributed by atoms with Gasteiger partial charge in [-0.1, -0.05) is 12.1 Å². The fourth-order valence-corrected chi connectivity index (χ4v) is 3.48. The number of carbonyl (C=O) groups excluding carboxylic acids is 1. The second kappa shape index (κ2) is 5.83. The van der Waals surface area contributed by atoms with Gasteiger partial charge < -0.3 is 14.6 Å². The summed E-state index contributed by atoms with van der Waals surface area (Å²) in [6.07, 6.45) is 0. The van der Waals surface area contributed by atoms with Gasteiger partial charge in [0.15, 0.2) is 0 Å². The molecular formula is C18H21N3O2. The summed E-state index contributed by atoms with van der Waals surface area (Å²) < 4.78 is 7.65.